The maximum Gasteiger partial charge on any atom is 0.207 e. The summed E-state index contributed by atoms with van der Waals surface area (Å²) in [5.74, 6) is 0. The van der Waals surface area contributed by atoms with Crippen LogP contribution in [0.3, 0.4) is 0 Å². The summed E-state index contributed by atoms with van der Waals surface area (Å²) in [6, 6.07) is 2.65. The lowest BCUT2D eigenvalue weighted by Crippen LogP contribution is -2.18. The van der Waals surface area contributed by atoms with E-state index >= 15 is 0 Å². The van der Waals surface area contributed by atoms with Crippen molar-refractivity contribution in [3.63, 3.8) is 0 Å². The van der Waals surface area contributed by atoms with Crippen molar-refractivity contribution >= 4 is 0 Å². The highest BCUT2D eigenvalue weighted by molar-refractivity contribution is 5.04. The number of aromatic nitrogens is 2. The zero-order valence-electron chi connectivity index (χ0n) is 6.61. The van der Waals surface area contributed by atoms with Gasteiger partial charge in [-0.3, -0.25) is 10.2 Å². The Balaban J connectivity index is 3.34. The van der Waals surface area contributed by atoms with Crippen LogP contribution in [0.25, 0.3) is 0 Å². The molecule has 3 N–H and O–H groups in total. The Hall–Kier alpha value is -2.04. The summed E-state index contributed by atoms with van der Waals surface area (Å²) >= 11 is 0. The third-order valence-corrected chi connectivity index (χ3v) is 1.81. The van der Waals surface area contributed by atoms with Crippen LogP contribution in [0.15, 0.2) is 29.3 Å². The van der Waals surface area contributed by atoms with E-state index in [1.807, 2.05) is 0 Å². The van der Waals surface area contributed by atoms with Crippen LogP contribution in [0.4, 0.5) is 0 Å². The number of hydrogen-bond donors (Lipinski definition) is 3. The van der Waals surface area contributed by atoms with Crippen molar-refractivity contribution in [2.75, 3.05) is 0 Å². The molecule has 0 unspecified atom stereocenters. The summed E-state index contributed by atoms with van der Waals surface area (Å²) in [5, 5.41) is 17.4. The molecule has 1 heterocycles. The Morgan fingerprint density at radius 3 is 2.92 bits per heavy atom. The van der Waals surface area contributed by atoms with Crippen LogP contribution in [0, 0.1) is 16.1 Å². The van der Waals surface area contributed by atoms with Crippen LogP contribution in [0.1, 0.15) is 0 Å². The van der Waals surface area contributed by atoms with Crippen LogP contribution in [0.2, 0.25) is 0 Å². The zero-order chi connectivity index (χ0) is 9.42. The standard InChI is InChI=1S/C8H7N3O2/c9-5-1-2-6(12)8-7(5)10-3-4-11(8)13/h1-4,9-10,13H. The van der Waals surface area contributed by atoms with E-state index in [9.17, 15) is 10.0 Å². The second-order valence-corrected chi connectivity index (χ2v) is 2.64. The molecule has 5 heteroatoms. The molecule has 0 saturated carbocycles. The molecule has 0 fully saturated rings. The fourth-order valence-electron chi connectivity index (χ4n) is 1.21. The van der Waals surface area contributed by atoms with Gasteiger partial charge in [0.2, 0.25) is 5.43 Å². The first kappa shape index (κ1) is 7.60. The average molecular weight is 177 g/mol. The molecule has 13 heavy (non-hydrogen) atoms. The van der Waals surface area contributed by atoms with E-state index in [2.05, 4.69) is 4.98 Å². The molecule has 5 nitrogen and oxygen atoms in total. The van der Waals surface area contributed by atoms with Gasteiger partial charge in [0.15, 0.2) is 5.35 Å². The summed E-state index contributed by atoms with van der Waals surface area (Å²) in [7, 11) is 0. The molecule has 2 rings (SSSR count). The predicted octanol–water partition coefficient (Wildman–Crippen LogP) is -0.382. The van der Waals surface area contributed by atoms with Crippen LogP contribution in [-0.2, 0) is 0 Å². The zero-order valence-corrected chi connectivity index (χ0v) is 6.61. The van der Waals surface area contributed by atoms with Crippen molar-refractivity contribution < 1.29 is 5.21 Å². The van der Waals surface area contributed by atoms with Crippen molar-refractivity contribution in [2.24, 2.45) is 0 Å². The third-order valence-electron chi connectivity index (χ3n) is 1.81. The number of aromatic amines is 1. The van der Waals surface area contributed by atoms with Crippen molar-refractivity contribution in [3.8, 4) is 0 Å². The van der Waals surface area contributed by atoms with Gasteiger partial charge in [-0.2, -0.15) is 4.73 Å². The first-order valence-corrected chi connectivity index (χ1v) is 3.67. The Morgan fingerprint density at radius 1 is 1.46 bits per heavy atom. The fraction of sp³-hybridized carbons (Fsp3) is 0. The quantitative estimate of drug-likeness (QED) is 0.479. The number of nitrogens with zero attached hydrogens (tertiary/aromatic N) is 1. The van der Waals surface area contributed by atoms with E-state index in [1.165, 1.54) is 24.5 Å². The van der Waals surface area contributed by atoms with Crippen LogP contribution >= 0.6 is 0 Å². The van der Waals surface area contributed by atoms with Gasteiger partial charge in [-0.25, -0.2) is 0 Å². The van der Waals surface area contributed by atoms with Crippen LogP contribution < -0.4 is 10.8 Å². The van der Waals surface area contributed by atoms with E-state index < -0.39 is 0 Å². The molecule has 1 aliphatic carbocycles. The minimum absolute atomic E-state index is 0.0926. The van der Waals surface area contributed by atoms with Crippen molar-refractivity contribution in [1.29, 1.82) is 5.41 Å². The maximum atomic E-state index is 11.3. The average Bonchev–Trinajstić information content (AvgIpc) is 2.12. The van der Waals surface area contributed by atoms with Gasteiger partial charge in [0.1, 0.15) is 0 Å². The van der Waals surface area contributed by atoms with E-state index in [0.29, 0.717) is 10.1 Å². The number of H-pyrrole nitrogens is 1. The SMILES string of the molecule is N=c1ccc(=O)c2n(O)cc[nH]c1=2. The van der Waals surface area contributed by atoms with Crippen LogP contribution in [-0.4, -0.2) is 14.9 Å². The van der Waals surface area contributed by atoms with Gasteiger partial charge in [-0.15, -0.1) is 0 Å². The fourth-order valence-corrected chi connectivity index (χ4v) is 1.21. The third kappa shape index (κ3) is 1.01. The van der Waals surface area contributed by atoms with Gasteiger partial charge >= 0.3 is 0 Å². The molecule has 2 aliphatic rings. The van der Waals surface area contributed by atoms with E-state index in [-0.39, 0.29) is 16.1 Å². The minimum Gasteiger partial charge on any atom is -0.428 e. The first-order chi connectivity index (χ1) is 6.20. The highest BCUT2D eigenvalue weighted by Gasteiger charge is 1.98. The van der Waals surface area contributed by atoms with E-state index in [0.717, 1.165) is 0 Å². The molecule has 0 aromatic carbocycles. The molecular weight excluding hydrogens is 170 g/mol. The number of nitrogens with one attached hydrogen (secondary N) is 2. The van der Waals surface area contributed by atoms with Gasteiger partial charge in [-0.1, -0.05) is 0 Å². The summed E-state index contributed by atoms with van der Waals surface area (Å²) in [5.41, 5.74) is -0.314. The largest absolute Gasteiger partial charge is 0.428 e. The van der Waals surface area contributed by atoms with Gasteiger partial charge in [0.25, 0.3) is 0 Å². The van der Waals surface area contributed by atoms with Gasteiger partial charge in [0, 0.05) is 6.20 Å². The first-order valence-electron chi connectivity index (χ1n) is 3.67. The Kier molecular flexibility index (Phi) is 1.45. The molecular formula is C8H7N3O2. The Morgan fingerprint density at radius 2 is 2.23 bits per heavy atom. The van der Waals surface area contributed by atoms with Gasteiger partial charge < -0.3 is 10.2 Å². The molecule has 0 radical (unpaired) electrons. The van der Waals surface area contributed by atoms with Gasteiger partial charge in [-0.05, 0) is 12.1 Å². The lowest BCUT2D eigenvalue weighted by atomic mass is 10.3. The summed E-state index contributed by atoms with van der Waals surface area (Å²) < 4.78 is 0.714. The topological polar surface area (TPSA) is 81.9 Å². The summed E-state index contributed by atoms with van der Waals surface area (Å²) in [6.45, 7) is 0. The lowest BCUT2D eigenvalue weighted by molar-refractivity contribution is 0.175. The second-order valence-electron chi connectivity index (χ2n) is 2.64. The van der Waals surface area contributed by atoms with Crippen molar-refractivity contribution in [2.45, 2.75) is 0 Å². The Labute approximate surface area is 72.0 Å². The van der Waals surface area contributed by atoms with Crippen molar-refractivity contribution in [1.82, 2.24) is 9.71 Å². The molecule has 0 saturated heterocycles. The summed E-state index contributed by atoms with van der Waals surface area (Å²) in [4.78, 5) is 14.0. The van der Waals surface area contributed by atoms with Crippen molar-refractivity contribution in [3.05, 3.63) is 50.8 Å². The normalized spacial score (nSPS) is 10.5. The number of hydrogen-bond acceptors (Lipinski definition) is 3. The molecule has 0 spiro atoms. The molecule has 0 atom stereocenters. The molecule has 0 aromatic rings. The minimum atomic E-state index is -0.314. The second kappa shape index (κ2) is 2.48. The predicted molar refractivity (Wildman–Crippen MR) is 43.4 cm³/mol. The molecule has 66 valence electrons. The molecule has 0 bridgehead atoms. The van der Waals surface area contributed by atoms with Gasteiger partial charge in [0.05, 0.1) is 16.9 Å². The highest BCUT2D eigenvalue weighted by Crippen LogP contribution is 1.83. The van der Waals surface area contributed by atoms with E-state index in [4.69, 9.17) is 5.41 Å². The van der Waals surface area contributed by atoms with Crippen LogP contribution in [0.5, 0.6) is 0 Å². The molecule has 1 aliphatic heterocycles. The monoisotopic (exact) mass is 177 g/mol. The highest BCUT2D eigenvalue weighted by atomic mass is 16.5. The lowest BCUT2D eigenvalue weighted by Gasteiger charge is -1.98. The summed E-state index contributed by atoms with van der Waals surface area (Å²) in [6.07, 6.45) is 2.77. The maximum absolute atomic E-state index is 11.3. The molecule has 0 aromatic heterocycles. The van der Waals surface area contributed by atoms with E-state index in [1.54, 1.807) is 0 Å². The molecule has 0 amide bonds. The Bertz CT molecular complexity index is 611. The number of rotatable bonds is 0. The smallest absolute Gasteiger partial charge is 0.207 e.